The van der Waals surface area contributed by atoms with Crippen molar-refractivity contribution in [3.8, 4) is 0 Å². The summed E-state index contributed by atoms with van der Waals surface area (Å²) in [5.41, 5.74) is 0. The number of hydrogen-bond acceptors (Lipinski definition) is 3. The Labute approximate surface area is 116 Å². The van der Waals surface area contributed by atoms with Gasteiger partial charge < -0.3 is 10.1 Å². The molecule has 96 valence electrons. The van der Waals surface area contributed by atoms with Gasteiger partial charge in [-0.1, -0.05) is 6.92 Å². The Morgan fingerprint density at radius 1 is 1.65 bits per heavy atom. The van der Waals surface area contributed by atoms with Crippen LogP contribution in [-0.4, -0.2) is 19.8 Å². The van der Waals surface area contributed by atoms with Gasteiger partial charge in [0, 0.05) is 33.3 Å². The first kappa shape index (κ1) is 13.5. The molecule has 0 saturated carbocycles. The molecule has 0 aliphatic carbocycles. The highest BCUT2D eigenvalue weighted by Crippen LogP contribution is 2.33. The van der Waals surface area contributed by atoms with E-state index in [9.17, 15) is 0 Å². The zero-order chi connectivity index (χ0) is 12.1. The molecule has 1 aliphatic rings. The van der Waals surface area contributed by atoms with Crippen molar-refractivity contribution in [2.24, 2.45) is 5.92 Å². The van der Waals surface area contributed by atoms with Crippen LogP contribution < -0.4 is 5.32 Å². The highest BCUT2D eigenvalue weighted by atomic mass is 79.9. The normalized spacial score (nSPS) is 22.6. The van der Waals surface area contributed by atoms with Crippen molar-refractivity contribution in [2.45, 2.75) is 32.2 Å². The minimum Gasteiger partial charge on any atom is -0.381 e. The van der Waals surface area contributed by atoms with Crippen LogP contribution in [-0.2, 0) is 4.74 Å². The Kier molecular flexibility index (Phi) is 5.48. The summed E-state index contributed by atoms with van der Waals surface area (Å²) in [5, 5.41) is 5.84. The number of rotatable bonds is 5. The van der Waals surface area contributed by atoms with Gasteiger partial charge >= 0.3 is 0 Å². The lowest BCUT2D eigenvalue weighted by atomic mass is 9.92. The summed E-state index contributed by atoms with van der Waals surface area (Å²) in [6.07, 6.45) is 3.65. The second-order valence-electron chi connectivity index (χ2n) is 4.58. The summed E-state index contributed by atoms with van der Waals surface area (Å²) < 4.78 is 6.82. The monoisotopic (exact) mass is 317 g/mol. The van der Waals surface area contributed by atoms with Crippen LogP contribution in [0.1, 0.15) is 37.1 Å². The topological polar surface area (TPSA) is 21.3 Å². The number of thiophene rings is 1. The molecule has 2 unspecified atom stereocenters. The summed E-state index contributed by atoms with van der Waals surface area (Å²) in [6.45, 7) is 5.13. The smallest absolute Gasteiger partial charge is 0.0512 e. The lowest BCUT2D eigenvalue weighted by Crippen LogP contribution is -2.33. The number of ether oxygens (including phenoxy) is 1. The van der Waals surface area contributed by atoms with Crippen LogP contribution in [0.4, 0.5) is 0 Å². The van der Waals surface area contributed by atoms with Gasteiger partial charge in [-0.05, 0) is 47.8 Å². The standard InChI is InChI=1S/C13H20BrNOS/c1-2-5-15-13(10-4-3-6-16-8-10)12-7-11(14)9-17-12/h7,9-10,13,15H,2-6,8H2,1H3. The third kappa shape index (κ3) is 3.78. The first-order valence-electron chi connectivity index (χ1n) is 6.36. The van der Waals surface area contributed by atoms with E-state index in [0.29, 0.717) is 12.0 Å². The maximum absolute atomic E-state index is 5.62. The first-order chi connectivity index (χ1) is 8.31. The van der Waals surface area contributed by atoms with Crippen molar-refractivity contribution in [3.63, 3.8) is 0 Å². The number of hydrogen-bond donors (Lipinski definition) is 1. The molecule has 1 aromatic heterocycles. The molecule has 2 nitrogen and oxygen atoms in total. The molecule has 0 amide bonds. The zero-order valence-corrected chi connectivity index (χ0v) is 12.6. The largest absolute Gasteiger partial charge is 0.381 e. The molecular formula is C13H20BrNOS. The second kappa shape index (κ2) is 6.88. The van der Waals surface area contributed by atoms with Crippen molar-refractivity contribution >= 4 is 27.3 Å². The van der Waals surface area contributed by atoms with Gasteiger partial charge in [0.25, 0.3) is 0 Å². The van der Waals surface area contributed by atoms with Crippen LogP contribution in [0.25, 0.3) is 0 Å². The molecule has 1 fully saturated rings. The van der Waals surface area contributed by atoms with E-state index in [1.807, 2.05) is 11.3 Å². The van der Waals surface area contributed by atoms with Gasteiger partial charge in [0.1, 0.15) is 0 Å². The molecule has 2 heterocycles. The van der Waals surface area contributed by atoms with Gasteiger partial charge in [-0.3, -0.25) is 0 Å². The van der Waals surface area contributed by atoms with Crippen molar-refractivity contribution < 1.29 is 4.74 Å². The number of halogens is 1. The van der Waals surface area contributed by atoms with E-state index in [4.69, 9.17) is 4.74 Å². The quantitative estimate of drug-likeness (QED) is 0.887. The van der Waals surface area contributed by atoms with Crippen LogP contribution in [0.3, 0.4) is 0 Å². The fraction of sp³-hybridized carbons (Fsp3) is 0.692. The Morgan fingerprint density at radius 2 is 2.53 bits per heavy atom. The van der Waals surface area contributed by atoms with Crippen molar-refractivity contribution in [1.82, 2.24) is 5.32 Å². The Bertz CT molecular complexity index is 336. The van der Waals surface area contributed by atoms with Gasteiger partial charge in [0.05, 0.1) is 6.61 Å². The van der Waals surface area contributed by atoms with Crippen molar-refractivity contribution in [3.05, 3.63) is 20.8 Å². The summed E-state index contributed by atoms with van der Waals surface area (Å²) in [6, 6.07) is 2.71. The van der Waals surface area contributed by atoms with E-state index in [2.05, 4.69) is 39.6 Å². The van der Waals surface area contributed by atoms with Crippen LogP contribution in [0.5, 0.6) is 0 Å². The molecule has 1 N–H and O–H groups in total. The van der Waals surface area contributed by atoms with Gasteiger partial charge in [-0.25, -0.2) is 0 Å². The van der Waals surface area contributed by atoms with Crippen molar-refractivity contribution in [1.29, 1.82) is 0 Å². The fourth-order valence-electron chi connectivity index (χ4n) is 2.32. The lowest BCUT2D eigenvalue weighted by Gasteiger charge is -2.30. The fourth-order valence-corrected chi connectivity index (χ4v) is 3.93. The molecular weight excluding hydrogens is 298 g/mol. The Balaban J connectivity index is 2.06. The molecule has 1 saturated heterocycles. The summed E-state index contributed by atoms with van der Waals surface area (Å²) >= 11 is 5.38. The van der Waals surface area contributed by atoms with Crippen LogP contribution >= 0.6 is 27.3 Å². The summed E-state index contributed by atoms with van der Waals surface area (Å²) in [5.74, 6) is 0.626. The van der Waals surface area contributed by atoms with Crippen LogP contribution in [0, 0.1) is 5.92 Å². The molecule has 4 heteroatoms. The molecule has 2 atom stereocenters. The highest BCUT2D eigenvalue weighted by Gasteiger charge is 2.26. The molecule has 0 spiro atoms. The van der Waals surface area contributed by atoms with E-state index in [-0.39, 0.29) is 0 Å². The average molecular weight is 318 g/mol. The van der Waals surface area contributed by atoms with E-state index >= 15 is 0 Å². The van der Waals surface area contributed by atoms with E-state index in [1.165, 1.54) is 28.6 Å². The van der Waals surface area contributed by atoms with E-state index in [0.717, 1.165) is 19.8 Å². The molecule has 0 bridgehead atoms. The second-order valence-corrected chi connectivity index (χ2v) is 6.43. The molecule has 0 aromatic carbocycles. The van der Waals surface area contributed by atoms with Crippen LogP contribution in [0.15, 0.2) is 15.9 Å². The maximum Gasteiger partial charge on any atom is 0.0512 e. The predicted molar refractivity (Wildman–Crippen MR) is 76.6 cm³/mol. The van der Waals surface area contributed by atoms with Gasteiger partial charge in [-0.15, -0.1) is 11.3 Å². The maximum atomic E-state index is 5.62. The van der Waals surface area contributed by atoms with Gasteiger partial charge in [0.15, 0.2) is 0 Å². The van der Waals surface area contributed by atoms with Crippen molar-refractivity contribution in [2.75, 3.05) is 19.8 Å². The van der Waals surface area contributed by atoms with Gasteiger partial charge in [0.2, 0.25) is 0 Å². The molecule has 0 radical (unpaired) electrons. The summed E-state index contributed by atoms with van der Waals surface area (Å²) in [7, 11) is 0. The van der Waals surface area contributed by atoms with E-state index in [1.54, 1.807) is 0 Å². The summed E-state index contributed by atoms with van der Waals surface area (Å²) in [4.78, 5) is 1.43. The third-order valence-electron chi connectivity index (χ3n) is 3.18. The average Bonchev–Trinajstić information content (AvgIpc) is 2.78. The minimum absolute atomic E-state index is 0.464. The van der Waals surface area contributed by atoms with Gasteiger partial charge in [-0.2, -0.15) is 0 Å². The third-order valence-corrected chi connectivity index (χ3v) is 4.95. The van der Waals surface area contributed by atoms with Crippen LogP contribution in [0.2, 0.25) is 0 Å². The molecule has 1 aliphatic heterocycles. The molecule has 17 heavy (non-hydrogen) atoms. The minimum atomic E-state index is 0.464. The lowest BCUT2D eigenvalue weighted by molar-refractivity contribution is 0.0395. The molecule has 2 rings (SSSR count). The number of nitrogens with one attached hydrogen (secondary N) is 1. The Morgan fingerprint density at radius 3 is 3.12 bits per heavy atom. The zero-order valence-electron chi connectivity index (χ0n) is 10.2. The first-order valence-corrected chi connectivity index (χ1v) is 8.03. The van der Waals surface area contributed by atoms with E-state index < -0.39 is 0 Å². The SMILES string of the molecule is CCCNC(c1cc(Br)cs1)C1CCCOC1. The Hall–Kier alpha value is 0.1000. The molecule has 1 aromatic rings. The predicted octanol–water partition coefficient (Wildman–Crippen LogP) is 3.98. The highest BCUT2D eigenvalue weighted by molar-refractivity contribution is 9.10.